The van der Waals surface area contributed by atoms with Crippen molar-refractivity contribution in [2.75, 3.05) is 0 Å². The summed E-state index contributed by atoms with van der Waals surface area (Å²) in [5, 5.41) is 10.4. The second-order valence-electron chi connectivity index (χ2n) is 6.06. The van der Waals surface area contributed by atoms with E-state index < -0.39 is 0 Å². The van der Waals surface area contributed by atoms with Gasteiger partial charge in [-0.25, -0.2) is 4.39 Å². The van der Waals surface area contributed by atoms with Crippen molar-refractivity contribution in [3.63, 3.8) is 0 Å². The largest absolute Gasteiger partial charge is 0.421 e. The first-order valence-electron chi connectivity index (χ1n) is 10.3. The van der Waals surface area contributed by atoms with Gasteiger partial charge in [-0.3, -0.25) is 4.98 Å². The molecule has 0 aliphatic rings. The maximum absolute atomic E-state index is 13.2. The number of hydrogen-bond acceptors (Lipinski definition) is 4. The van der Waals surface area contributed by atoms with Crippen molar-refractivity contribution in [2.24, 2.45) is 0 Å². The molecule has 5 heteroatoms. The summed E-state index contributed by atoms with van der Waals surface area (Å²) in [5.74, 6) is 0.693. The fourth-order valence-corrected chi connectivity index (χ4v) is 2.88. The van der Waals surface area contributed by atoms with Crippen LogP contribution in [0.1, 0.15) is 56.2 Å². The van der Waals surface area contributed by atoms with Crippen molar-refractivity contribution in [3.05, 3.63) is 89.1 Å². The van der Waals surface area contributed by atoms with E-state index in [2.05, 4.69) is 21.2 Å². The normalized spacial score (nSPS) is 10.3. The Morgan fingerprint density at radius 3 is 2.47 bits per heavy atom. The zero-order valence-corrected chi connectivity index (χ0v) is 18.2. The smallest absolute Gasteiger partial charge is 0.240 e. The van der Waals surface area contributed by atoms with Crippen LogP contribution in [0.3, 0.4) is 0 Å². The second-order valence-corrected chi connectivity index (χ2v) is 6.06. The summed E-state index contributed by atoms with van der Waals surface area (Å²) in [5.41, 5.74) is 2.80. The predicted molar refractivity (Wildman–Crippen MR) is 122 cm³/mol. The van der Waals surface area contributed by atoms with Crippen molar-refractivity contribution >= 4 is 22.9 Å². The van der Waals surface area contributed by atoms with E-state index in [4.69, 9.17) is 4.42 Å². The molecule has 0 unspecified atom stereocenters. The Hall–Kier alpha value is -3.34. The molecule has 0 fully saturated rings. The molecular weight excluding hydrogens is 377 g/mol. The van der Waals surface area contributed by atoms with Gasteiger partial charge in [0.05, 0.1) is 6.42 Å². The maximum atomic E-state index is 13.2. The third kappa shape index (κ3) is 5.83. The van der Waals surface area contributed by atoms with Gasteiger partial charge in [0, 0.05) is 23.9 Å². The number of nitrogens with zero attached hydrogens (tertiary/aromatic N) is 3. The second kappa shape index (κ2) is 11.6. The minimum absolute atomic E-state index is 0.247. The Balaban J connectivity index is 0.000000757. The molecule has 2 aromatic heterocycles. The van der Waals surface area contributed by atoms with Crippen molar-refractivity contribution in [3.8, 4) is 0 Å². The third-order valence-electron chi connectivity index (χ3n) is 4.21. The first kappa shape index (κ1) is 22.9. The summed E-state index contributed by atoms with van der Waals surface area (Å²) in [6.07, 6.45) is 7.75. The molecule has 0 aliphatic heterocycles. The van der Waals surface area contributed by atoms with Gasteiger partial charge in [0.25, 0.3) is 0 Å². The number of pyridine rings is 1. The van der Waals surface area contributed by atoms with Crippen LogP contribution in [0.2, 0.25) is 0 Å². The number of fused-ring (bicyclic) bond motifs is 1. The number of aryl methyl sites for hydroxylation is 1. The molecule has 0 saturated heterocycles. The summed E-state index contributed by atoms with van der Waals surface area (Å²) in [4.78, 5) is 4.27. The number of hydrogen-bond donors (Lipinski definition) is 0. The molecule has 0 N–H and O–H groups in total. The van der Waals surface area contributed by atoms with Gasteiger partial charge in [0.2, 0.25) is 11.8 Å². The third-order valence-corrected chi connectivity index (χ3v) is 4.21. The SMILES string of the molecule is CC.CC.Cc1cc(F)ccc1/C=C/c1nnc(Cc2cncc3ccccc23)o1. The minimum atomic E-state index is -0.247. The first-order valence-corrected chi connectivity index (χ1v) is 10.3. The van der Waals surface area contributed by atoms with Gasteiger partial charge in [-0.15, -0.1) is 10.2 Å². The van der Waals surface area contributed by atoms with Gasteiger partial charge in [-0.2, -0.15) is 0 Å². The van der Waals surface area contributed by atoms with E-state index in [1.807, 2.05) is 71.3 Å². The van der Waals surface area contributed by atoms with Gasteiger partial charge < -0.3 is 4.42 Å². The van der Waals surface area contributed by atoms with Gasteiger partial charge >= 0.3 is 0 Å². The lowest BCUT2D eigenvalue weighted by atomic mass is 10.1. The Labute approximate surface area is 177 Å². The van der Waals surface area contributed by atoms with Crippen molar-refractivity contribution in [1.82, 2.24) is 15.2 Å². The molecule has 4 rings (SSSR count). The van der Waals surface area contributed by atoms with E-state index >= 15 is 0 Å². The van der Waals surface area contributed by atoms with Gasteiger partial charge in [0.1, 0.15) is 5.82 Å². The fourth-order valence-electron chi connectivity index (χ4n) is 2.88. The lowest BCUT2D eigenvalue weighted by Gasteiger charge is -2.02. The van der Waals surface area contributed by atoms with E-state index in [1.54, 1.807) is 12.1 Å². The van der Waals surface area contributed by atoms with Crippen LogP contribution >= 0.6 is 0 Å². The predicted octanol–water partition coefficient (Wildman–Crippen LogP) is 6.88. The molecule has 0 bridgehead atoms. The van der Waals surface area contributed by atoms with Crippen molar-refractivity contribution in [1.29, 1.82) is 0 Å². The summed E-state index contributed by atoms with van der Waals surface area (Å²) in [6, 6.07) is 12.7. The van der Waals surface area contributed by atoms with E-state index in [-0.39, 0.29) is 5.82 Å². The van der Waals surface area contributed by atoms with Crippen LogP contribution in [0.5, 0.6) is 0 Å². The van der Waals surface area contributed by atoms with Gasteiger partial charge in [-0.1, -0.05) is 58.0 Å². The molecule has 0 saturated carbocycles. The highest BCUT2D eigenvalue weighted by Gasteiger charge is 2.08. The van der Waals surface area contributed by atoms with Crippen LogP contribution in [-0.2, 0) is 6.42 Å². The van der Waals surface area contributed by atoms with Crippen molar-refractivity contribution in [2.45, 2.75) is 41.0 Å². The Bertz CT molecular complexity index is 1100. The highest BCUT2D eigenvalue weighted by atomic mass is 19.1. The van der Waals surface area contributed by atoms with Crippen LogP contribution in [0, 0.1) is 12.7 Å². The fraction of sp³-hybridized carbons (Fsp3) is 0.240. The molecule has 30 heavy (non-hydrogen) atoms. The lowest BCUT2D eigenvalue weighted by Crippen LogP contribution is -1.91. The quantitative estimate of drug-likeness (QED) is 0.371. The average Bonchev–Trinajstić information content (AvgIpc) is 3.23. The molecule has 4 nitrogen and oxygen atoms in total. The van der Waals surface area contributed by atoms with E-state index in [0.717, 1.165) is 27.5 Å². The number of benzene rings is 2. The molecule has 156 valence electrons. The highest BCUT2D eigenvalue weighted by molar-refractivity contribution is 5.84. The number of halogens is 1. The molecule has 0 aliphatic carbocycles. The Morgan fingerprint density at radius 1 is 0.933 bits per heavy atom. The lowest BCUT2D eigenvalue weighted by molar-refractivity contribution is 0.497. The minimum Gasteiger partial charge on any atom is -0.421 e. The van der Waals surface area contributed by atoms with Crippen LogP contribution < -0.4 is 0 Å². The summed E-state index contributed by atoms with van der Waals surface area (Å²) in [7, 11) is 0. The zero-order valence-electron chi connectivity index (χ0n) is 18.2. The highest BCUT2D eigenvalue weighted by Crippen LogP contribution is 2.20. The average molecular weight is 406 g/mol. The number of rotatable bonds is 4. The number of aromatic nitrogens is 3. The van der Waals surface area contributed by atoms with Crippen molar-refractivity contribution < 1.29 is 8.81 Å². The maximum Gasteiger partial charge on any atom is 0.240 e. The standard InChI is InChI=1S/C21H16FN3O.2C2H6/c1-14-10-18(22)8-6-15(14)7-9-20-24-25-21(26-20)11-17-13-23-12-16-4-2-3-5-19(16)17;2*1-2/h2-10,12-13H,11H2,1H3;2*1-2H3/b9-7+;;. The molecule has 4 aromatic rings. The topological polar surface area (TPSA) is 51.8 Å². The molecule has 0 amide bonds. The van der Waals surface area contributed by atoms with Crippen LogP contribution in [0.25, 0.3) is 22.9 Å². The summed E-state index contributed by atoms with van der Waals surface area (Å²) < 4.78 is 18.9. The van der Waals surface area contributed by atoms with Crippen LogP contribution in [0.4, 0.5) is 4.39 Å². The molecule has 0 spiro atoms. The monoisotopic (exact) mass is 405 g/mol. The Kier molecular flexibility index (Phi) is 8.88. The summed E-state index contributed by atoms with van der Waals surface area (Å²) >= 11 is 0. The summed E-state index contributed by atoms with van der Waals surface area (Å²) in [6.45, 7) is 9.86. The van der Waals surface area contributed by atoms with Crippen LogP contribution in [-0.4, -0.2) is 15.2 Å². The molecule has 2 heterocycles. The molecule has 0 radical (unpaired) electrons. The molecule has 0 atom stereocenters. The van der Waals surface area contributed by atoms with Gasteiger partial charge in [-0.05, 0) is 47.2 Å². The molecular formula is C25H28FN3O. The molecule has 2 aromatic carbocycles. The van der Waals surface area contributed by atoms with E-state index in [0.29, 0.717) is 18.2 Å². The van der Waals surface area contributed by atoms with E-state index in [9.17, 15) is 4.39 Å². The first-order chi connectivity index (χ1) is 14.7. The van der Waals surface area contributed by atoms with Gasteiger partial charge in [0.15, 0.2) is 0 Å². The zero-order chi connectivity index (χ0) is 21.9. The van der Waals surface area contributed by atoms with E-state index in [1.165, 1.54) is 12.1 Å². The Morgan fingerprint density at radius 2 is 1.70 bits per heavy atom. The van der Waals surface area contributed by atoms with Crippen LogP contribution in [0.15, 0.2) is 59.3 Å².